The Kier molecular flexibility index (Phi) is 6.10. The van der Waals surface area contributed by atoms with Gasteiger partial charge in [-0.1, -0.05) is 19.8 Å². The largest absolute Gasteiger partial charge is 0.376 e. The number of carbonyl (C=O) groups is 1. The highest BCUT2D eigenvalue weighted by atomic mass is 79.9. The number of aromatic nitrogens is 1. The lowest BCUT2D eigenvalue weighted by Gasteiger charge is -2.12. The molecule has 0 saturated heterocycles. The summed E-state index contributed by atoms with van der Waals surface area (Å²) in [7, 11) is 0. The Bertz CT molecular complexity index is 439. The summed E-state index contributed by atoms with van der Waals surface area (Å²) in [5, 5.41) is 2.93. The second kappa shape index (κ2) is 7.84. The molecule has 112 valence electrons. The molecular formula is C15H23BrN2O2. The molecule has 4 nitrogen and oxygen atoms in total. The predicted octanol–water partition coefficient (Wildman–Crippen LogP) is 3.35. The lowest BCUT2D eigenvalue weighted by molar-refractivity contribution is 0.0580. The topological polar surface area (TPSA) is 43.3 Å². The summed E-state index contributed by atoms with van der Waals surface area (Å²) >= 11 is 3.42. The fourth-order valence-corrected chi connectivity index (χ4v) is 3.09. The molecule has 1 fully saturated rings. The van der Waals surface area contributed by atoms with Crippen LogP contribution < -0.4 is 5.32 Å². The van der Waals surface area contributed by atoms with E-state index in [0.717, 1.165) is 17.4 Å². The van der Waals surface area contributed by atoms with Crippen LogP contribution in [0.15, 0.2) is 16.7 Å². The van der Waals surface area contributed by atoms with Gasteiger partial charge < -0.3 is 14.6 Å². The van der Waals surface area contributed by atoms with Crippen molar-refractivity contribution in [1.82, 2.24) is 9.88 Å². The van der Waals surface area contributed by atoms with E-state index in [1.54, 1.807) is 0 Å². The van der Waals surface area contributed by atoms with E-state index in [9.17, 15) is 4.79 Å². The van der Waals surface area contributed by atoms with Gasteiger partial charge in [0.1, 0.15) is 5.69 Å². The number of ether oxygens (including phenoxy) is 1. The van der Waals surface area contributed by atoms with Crippen molar-refractivity contribution in [3.05, 3.63) is 22.4 Å². The molecule has 1 aromatic rings. The maximum atomic E-state index is 12.1. The zero-order valence-corrected chi connectivity index (χ0v) is 13.6. The summed E-state index contributed by atoms with van der Waals surface area (Å²) in [5.74, 6) is -0.0285. The first kappa shape index (κ1) is 15.6. The van der Waals surface area contributed by atoms with E-state index in [1.165, 1.54) is 25.7 Å². The van der Waals surface area contributed by atoms with Gasteiger partial charge in [-0.05, 0) is 41.3 Å². The van der Waals surface area contributed by atoms with Crippen LogP contribution in [0.25, 0.3) is 0 Å². The van der Waals surface area contributed by atoms with E-state index >= 15 is 0 Å². The monoisotopic (exact) mass is 342 g/mol. The van der Waals surface area contributed by atoms with E-state index in [2.05, 4.69) is 28.2 Å². The molecule has 1 amide bonds. The van der Waals surface area contributed by atoms with E-state index in [4.69, 9.17) is 4.74 Å². The average Bonchev–Trinajstić information content (AvgIpc) is 3.05. The number of aryl methyl sites for hydroxylation is 1. The normalized spacial score (nSPS) is 15.7. The Morgan fingerprint density at radius 3 is 2.95 bits per heavy atom. The van der Waals surface area contributed by atoms with Crippen molar-refractivity contribution in [3.8, 4) is 0 Å². The molecule has 20 heavy (non-hydrogen) atoms. The lowest BCUT2D eigenvalue weighted by Crippen LogP contribution is -2.30. The van der Waals surface area contributed by atoms with Gasteiger partial charge in [0.05, 0.1) is 12.7 Å². The quantitative estimate of drug-likeness (QED) is 0.772. The van der Waals surface area contributed by atoms with Gasteiger partial charge in [0.25, 0.3) is 5.91 Å². The zero-order chi connectivity index (χ0) is 14.4. The smallest absolute Gasteiger partial charge is 0.268 e. The van der Waals surface area contributed by atoms with Crippen molar-refractivity contribution >= 4 is 21.8 Å². The summed E-state index contributed by atoms with van der Waals surface area (Å²) in [6.45, 7) is 4.13. The second-order valence-electron chi connectivity index (χ2n) is 5.27. The van der Waals surface area contributed by atoms with Gasteiger partial charge in [-0.25, -0.2) is 0 Å². The minimum Gasteiger partial charge on any atom is -0.376 e. The number of halogens is 1. The minimum atomic E-state index is -0.0285. The van der Waals surface area contributed by atoms with Crippen LogP contribution >= 0.6 is 15.9 Å². The zero-order valence-electron chi connectivity index (χ0n) is 12.0. The lowest BCUT2D eigenvalue weighted by atomic mass is 10.3. The summed E-state index contributed by atoms with van der Waals surface area (Å²) in [6.07, 6.45) is 8.25. The maximum Gasteiger partial charge on any atom is 0.268 e. The van der Waals surface area contributed by atoms with Crippen LogP contribution in [-0.2, 0) is 11.3 Å². The summed E-state index contributed by atoms with van der Waals surface area (Å²) in [5.41, 5.74) is 0.708. The third kappa shape index (κ3) is 4.35. The molecule has 1 aromatic heterocycles. The Labute approximate surface area is 129 Å². The van der Waals surface area contributed by atoms with Gasteiger partial charge in [0.15, 0.2) is 0 Å². The number of nitrogens with zero attached hydrogens (tertiary/aromatic N) is 1. The number of amides is 1. The van der Waals surface area contributed by atoms with Gasteiger partial charge in [-0.2, -0.15) is 0 Å². The highest BCUT2D eigenvalue weighted by Crippen LogP contribution is 2.20. The van der Waals surface area contributed by atoms with E-state index < -0.39 is 0 Å². The average molecular weight is 343 g/mol. The molecule has 5 heteroatoms. The number of carbonyl (C=O) groups excluding carboxylic acids is 1. The van der Waals surface area contributed by atoms with Gasteiger partial charge in [0.2, 0.25) is 0 Å². The first-order chi connectivity index (χ1) is 9.70. The van der Waals surface area contributed by atoms with E-state index in [-0.39, 0.29) is 5.91 Å². The van der Waals surface area contributed by atoms with Crippen LogP contribution in [0.3, 0.4) is 0 Å². The van der Waals surface area contributed by atoms with Gasteiger partial charge >= 0.3 is 0 Å². The van der Waals surface area contributed by atoms with Gasteiger partial charge in [-0.15, -0.1) is 0 Å². The number of nitrogens with one attached hydrogen (secondary N) is 1. The van der Waals surface area contributed by atoms with Crippen molar-refractivity contribution in [2.45, 2.75) is 51.7 Å². The molecule has 1 aliphatic rings. The molecule has 0 aliphatic heterocycles. The predicted molar refractivity (Wildman–Crippen MR) is 83.0 cm³/mol. The van der Waals surface area contributed by atoms with E-state index in [0.29, 0.717) is 24.9 Å². The Morgan fingerprint density at radius 1 is 1.50 bits per heavy atom. The molecule has 0 aromatic carbocycles. The maximum absolute atomic E-state index is 12.1. The molecule has 0 atom stereocenters. The minimum absolute atomic E-state index is 0.0285. The number of rotatable bonds is 7. The molecular weight excluding hydrogens is 320 g/mol. The summed E-state index contributed by atoms with van der Waals surface area (Å²) < 4.78 is 8.67. The summed E-state index contributed by atoms with van der Waals surface area (Å²) in [4.78, 5) is 12.1. The molecule has 0 bridgehead atoms. The highest BCUT2D eigenvalue weighted by Gasteiger charge is 2.15. The highest BCUT2D eigenvalue weighted by molar-refractivity contribution is 9.10. The van der Waals surface area contributed by atoms with Gasteiger partial charge in [-0.3, -0.25) is 4.79 Å². The van der Waals surface area contributed by atoms with Crippen molar-refractivity contribution in [2.75, 3.05) is 13.2 Å². The third-order valence-electron chi connectivity index (χ3n) is 3.60. The van der Waals surface area contributed by atoms with Crippen LogP contribution in [0.1, 0.15) is 49.5 Å². The molecule has 0 spiro atoms. The molecule has 0 radical (unpaired) electrons. The third-order valence-corrected chi connectivity index (χ3v) is 4.04. The Hall–Kier alpha value is -0.810. The molecule has 1 heterocycles. The molecule has 2 rings (SSSR count). The van der Waals surface area contributed by atoms with Crippen LogP contribution in [0.4, 0.5) is 0 Å². The second-order valence-corrected chi connectivity index (χ2v) is 6.19. The van der Waals surface area contributed by atoms with Gasteiger partial charge in [0, 0.05) is 23.8 Å². The van der Waals surface area contributed by atoms with Crippen LogP contribution in [0, 0.1) is 0 Å². The first-order valence-corrected chi connectivity index (χ1v) is 8.25. The van der Waals surface area contributed by atoms with Crippen molar-refractivity contribution in [1.29, 1.82) is 0 Å². The number of hydrogen-bond donors (Lipinski definition) is 1. The van der Waals surface area contributed by atoms with E-state index in [1.807, 2.05) is 16.8 Å². The van der Waals surface area contributed by atoms with Crippen molar-refractivity contribution < 1.29 is 9.53 Å². The molecule has 1 saturated carbocycles. The standard InChI is InChI=1S/C15H23BrN2O2/c1-2-8-18-11-12(16)10-14(18)15(19)17-7-9-20-13-5-3-4-6-13/h10-11,13H,2-9H2,1H3,(H,17,19). The SMILES string of the molecule is CCCn1cc(Br)cc1C(=O)NCCOC1CCCC1. The molecule has 0 unspecified atom stereocenters. The Morgan fingerprint density at radius 2 is 2.25 bits per heavy atom. The fraction of sp³-hybridized carbons (Fsp3) is 0.667. The molecule has 1 aliphatic carbocycles. The fourth-order valence-electron chi connectivity index (χ4n) is 2.63. The van der Waals surface area contributed by atoms with Crippen LogP contribution in [-0.4, -0.2) is 29.7 Å². The van der Waals surface area contributed by atoms with Crippen molar-refractivity contribution in [3.63, 3.8) is 0 Å². The first-order valence-electron chi connectivity index (χ1n) is 7.46. The molecule has 1 N–H and O–H groups in total. The van der Waals surface area contributed by atoms with Crippen molar-refractivity contribution in [2.24, 2.45) is 0 Å². The van der Waals surface area contributed by atoms with Crippen LogP contribution in [0.5, 0.6) is 0 Å². The Balaban J connectivity index is 1.76. The summed E-state index contributed by atoms with van der Waals surface area (Å²) in [6, 6.07) is 1.86. The van der Waals surface area contributed by atoms with Crippen LogP contribution in [0.2, 0.25) is 0 Å². The number of hydrogen-bond acceptors (Lipinski definition) is 2.